The third kappa shape index (κ3) is 2.95. The fourth-order valence-electron chi connectivity index (χ4n) is 1.94. The summed E-state index contributed by atoms with van der Waals surface area (Å²) in [7, 11) is 0. The number of nitrogens with two attached hydrogens (primary N) is 1. The van der Waals surface area contributed by atoms with Crippen LogP contribution in [0.1, 0.15) is 37.2 Å². The van der Waals surface area contributed by atoms with Gasteiger partial charge in [0.2, 0.25) is 0 Å². The van der Waals surface area contributed by atoms with Crippen LogP contribution in [0, 0.1) is 6.92 Å². The van der Waals surface area contributed by atoms with Crippen LogP contribution in [-0.2, 0) is 6.42 Å². The standard InChI is InChI=1S/C12H19N5O/c1-9-8-11(18)17-12(14-9)15-10(16-17)6-4-2-3-5-7-13/h8H,2-7,13H2,1H3,(H,14,15,16). The molecule has 0 aromatic carbocycles. The lowest BCUT2D eigenvalue weighted by Crippen LogP contribution is -2.14. The molecular weight excluding hydrogens is 230 g/mol. The Bertz CT molecular complexity index is 571. The van der Waals surface area contributed by atoms with Crippen molar-refractivity contribution in [3.8, 4) is 0 Å². The highest BCUT2D eigenvalue weighted by molar-refractivity contribution is 5.27. The zero-order valence-electron chi connectivity index (χ0n) is 10.6. The molecule has 0 spiro atoms. The molecule has 0 radical (unpaired) electrons. The summed E-state index contributed by atoms with van der Waals surface area (Å²) in [5.41, 5.74) is 6.02. The van der Waals surface area contributed by atoms with Crippen LogP contribution in [-0.4, -0.2) is 26.1 Å². The monoisotopic (exact) mass is 249 g/mol. The molecule has 3 N–H and O–H groups in total. The number of unbranched alkanes of at least 4 members (excludes halogenated alkanes) is 3. The lowest BCUT2D eigenvalue weighted by Gasteiger charge is -1.97. The minimum atomic E-state index is -0.112. The van der Waals surface area contributed by atoms with Crippen LogP contribution in [0.15, 0.2) is 10.9 Å². The molecule has 0 amide bonds. The van der Waals surface area contributed by atoms with E-state index in [0.717, 1.165) is 44.5 Å². The molecule has 0 aliphatic heterocycles. The Morgan fingerprint density at radius 3 is 2.83 bits per heavy atom. The molecule has 6 heteroatoms. The second kappa shape index (κ2) is 5.77. The Labute approximate surface area is 105 Å². The molecule has 2 heterocycles. The molecule has 2 aromatic rings. The average molecular weight is 249 g/mol. The van der Waals surface area contributed by atoms with Gasteiger partial charge in [-0.25, -0.2) is 4.98 Å². The van der Waals surface area contributed by atoms with E-state index in [1.807, 2.05) is 0 Å². The molecule has 2 aromatic heterocycles. The number of nitrogens with zero attached hydrogens (tertiary/aromatic N) is 3. The first-order chi connectivity index (χ1) is 8.70. The lowest BCUT2D eigenvalue weighted by molar-refractivity contribution is 0.634. The maximum Gasteiger partial charge on any atom is 0.274 e. The number of H-pyrrole nitrogens is 1. The van der Waals surface area contributed by atoms with Crippen molar-refractivity contribution < 1.29 is 0 Å². The molecule has 0 fully saturated rings. The van der Waals surface area contributed by atoms with E-state index in [4.69, 9.17) is 5.73 Å². The Hall–Kier alpha value is -1.69. The largest absolute Gasteiger partial charge is 0.330 e. The van der Waals surface area contributed by atoms with Crippen LogP contribution in [0.3, 0.4) is 0 Å². The summed E-state index contributed by atoms with van der Waals surface area (Å²) in [5, 5.41) is 2.99. The third-order valence-corrected chi connectivity index (χ3v) is 2.87. The molecule has 0 aliphatic rings. The highest BCUT2D eigenvalue weighted by atomic mass is 16.1. The number of hydrogen-bond acceptors (Lipinski definition) is 4. The Morgan fingerprint density at radius 2 is 2.06 bits per heavy atom. The number of hydrogen-bond donors (Lipinski definition) is 2. The summed E-state index contributed by atoms with van der Waals surface area (Å²) < 4.78 is 1.39. The Balaban J connectivity index is 2.02. The van der Waals surface area contributed by atoms with Crippen molar-refractivity contribution in [2.24, 2.45) is 5.73 Å². The summed E-state index contributed by atoms with van der Waals surface area (Å²) in [4.78, 5) is 20.2. The summed E-state index contributed by atoms with van der Waals surface area (Å²) in [6.45, 7) is 2.55. The predicted octanol–water partition coefficient (Wildman–Crippen LogP) is 0.788. The van der Waals surface area contributed by atoms with Gasteiger partial charge in [-0.1, -0.05) is 12.8 Å². The van der Waals surface area contributed by atoms with E-state index in [1.165, 1.54) is 10.6 Å². The molecule has 0 atom stereocenters. The van der Waals surface area contributed by atoms with Gasteiger partial charge < -0.3 is 5.73 Å². The minimum absolute atomic E-state index is 0.112. The maximum absolute atomic E-state index is 11.7. The summed E-state index contributed by atoms with van der Waals surface area (Å²) in [6.07, 6.45) is 5.24. The number of aryl methyl sites for hydroxylation is 2. The number of nitrogens with one attached hydrogen (secondary N) is 1. The van der Waals surface area contributed by atoms with Gasteiger partial charge in [-0.3, -0.25) is 9.89 Å². The molecule has 0 aliphatic carbocycles. The van der Waals surface area contributed by atoms with E-state index >= 15 is 0 Å². The second-order valence-electron chi connectivity index (χ2n) is 4.49. The van der Waals surface area contributed by atoms with Crippen LogP contribution in [0.5, 0.6) is 0 Å². The SMILES string of the molecule is Cc1cc(=O)n2[nH]c(CCCCCCN)nc2n1. The molecule has 2 rings (SSSR count). The van der Waals surface area contributed by atoms with Crippen molar-refractivity contribution in [2.45, 2.75) is 39.0 Å². The molecule has 0 saturated carbocycles. The number of rotatable bonds is 6. The van der Waals surface area contributed by atoms with Crippen LogP contribution < -0.4 is 11.3 Å². The van der Waals surface area contributed by atoms with Crippen molar-refractivity contribution in [3.63, 3.8) is 0 Å². The molecule has 0 saturated heterocycles. The smallest absolute Gasteiger partial charge is 0.274 e. The van der Waals surface area contributed by atoms with Crippen molar-refractivity contribution in [2.75, 3.05) is 6.54 Å². The van der Waals surface area contributed by atoms with Gasteiger partial charge in [0.05, 0.1) is 0 Å². The van der Waals surface area contributed by atoms with E-state index < -0.39 is 0 Å². The Kier molecular flexibility index (Phi) is 4.09. The second-order valence-corrected chi connectivity index (χ2v) is 4.49. The number of aromatic amines is 1. The quantitative estimate of drug-likeness (QED) is 0.741. The minimum Gasteiger partial charge on any atom is -0.330 e. The van der Waals surface area contributed by atoms with Gasteiger partial charge in [-0.15, -0.1) is 0 Å². The topological polar surface area (TPSA) is 89.1 Å². The van der Waals surface area contributed by atoms with Crippen LogP contribution >= 0.6 is 0 Å². The number of fused-ring (bicyclic) bond motifs is 1. The van der Waals surface area contributed by atoms with E-state index in [2.05, 4.69) is 15.1 Å². The zero-order chi connectivity index (χ0) is 13.0. The fourth-order valence-corrected chi connectivity index (χ4v) is 1.94. The molecule has 18 heavy (non-hydrogen) atoms. The molecule has 0 unspecified atom stereocenters. The van der Waals surface area contributed by atoms with Gasteiger partial charge in [0.15, 0.2) is 0 Å². The fraction of sp³-hybridized carbons (Fsp3) is 0.583. The highest BCUT2D eigenvalue weighted by Gasteiger charge is 2.05. The van der Waals surface area contributed by atoms with E-state index in [0.29, 0.717) is 11.5 Å². The van der Waals surface area contributed by atoms with Crippen LogP contribution in [0.4, 0.5) is 0 Å². The molecule has 98 valence electrons. The van der Waals surface area contributed by atoms with Gasteiger partial charge in [0.1, 0.15) is 5.82 Å². The molecule has 0 bridgehead atoms. The van der Waals surface area contributed by atoms with E-state index in [-0.39, 0.29) is 5.56 Å². The first-order valence-electron chi connectivity index (χ1n) is 6.36. The normalized spacial score (nSPS) is 11.2. The van der Waals surface area contributed by atoms with Gasteiger partial charge >= 0.3 is 0 Å². The van der Waals surface area contributed by atoms with Crippen molar-refractivity contribution in [1.82, 2.24) is 19.6 Å². The lowest BCUT2D eigenvalue weighted by atomic mass is 10.1. The maximum atomic E-state index is 11.7. The first-order valence-corrected chi connectivity index (χ1v) is 6.36. The van der Waals surface area contributed by atoms with Crippen LogP contribution in [0.25, 0.3) is 5.78 Å². The van der Waals surface area contributed by atoms with Gasteiger partial charge in [-0.05, 0) is 26.3 Å². The average Bonchev–Trinajstić information content (AvgIpc) is 2.72. The van der Waals surface area contributed by atoms with E-state index in [9.17, 15) is 4.79 Å². The number of aromatic nitrogens is 4. The van der Waals surface area contributed by atoms with Crippen molar-refractivity contribution in [1.29, 1.82) is 0 Å². The zero-order valence-corrected chi connectivity index (χ0v) is 10.6. The summed E-state index contributed by atoms with van der Waals surface area (Å²) >= 11 is 0. The summed E-state index contributed by atoms with van der Waals surface area (Å²) in [6, 6.07) is 1.50. The highest BCUT2D eigenvalue weighted by Crippen LogP contribution is 2.05. The Morgan fingerprint density at radius 1 is 1.28 bits per heavy atom. The van der Waals surface area contributed by atoms with E-state index in [1.54, 1.807) is 6.92 Å². The van der Waals surface area contributed by atoms with Crippen molar-refractivity contribution in [3.05, 3.63) is 27.9 Å². The predicted molar refractivity (Wildman–Crippen MR) is 69.6 cm³/mol. The third-order valence-electron chi connectivity index (χ3n) is 2.87. The molecular formula is C12H19N5O. The summed E-state index contributed by atoms with van der Waals surface area (Å²) in [5.74, 6) is 1.27. The van der Waals surface area contributed by atoms with Crippen LogP contribution in [0.2, 0.25) is 0 Å². The first kappa shape index (κ1) is 12.8. The van der Waals surface area contributed by atoms with Gasteiger partial charge in [0, 0.05) is 18.2 Å². The van der Waals surface area contributed by atoms with Crippen molar-refractivity contribution >= 4 is 5.78 Å². The molecule has 6 nitrogen and oxygen atoms in total. The van der Waals surface area contributed by atoms with Gasteiger partial charge in [-0.2, -0.15) is 9.50 Å². The van der Waals surface area contributed by atoms with Gasteiger partial charge in [0.25, 0.3) is 11.3 Å².